The molecule has 1 aliphatic heterocycles. The summed E-state index contributed by atoms with van der Waals surface area (Å²) >= 11 is 1.55. The van der Waals surface area contributed by atoms with Crippen LogP contribution in [0.5, 0.6) is 0 Å². The van der Waals surface area contributed by atoms with E-state index in [2.05, 4.69) is 10.3 Å². The molecule has 0 fully saturated rings. The molecule has 0 unspecified atom stereocenters. The fraction of sp³-hybridized carbons (Fsp3) is 0.143. The number of hydrogen-bond acceptors (Lipinski definition) is 7. The number of carbonyl (C=O) groups excluding carboxylic acids is 3. The van der Waals surface area contributed by atoms with Gasteiger partial charge in [-0.25, -0.2) is 4.98 Å². The second-order valence-corrected chi connectivity index (χ2v) is 7.91. The Balaban J connectivity index is 1.39. The summed E-state index contributed by atoms with van der Waals surface area (Å²) < 4.78 is 0. The van der Waals surface area contributed by atoms with Crippen LogP contribution in [0.25, 0.3) is 11.3 Å². The maximum absolute atomic E-state index is 12.5. The molecular formula is C21H16N4O5S. The van der Waals surface area contributed by atoms with Crippen LogP contribution < -0.4 is 5.32 Å². The minimum absolute atomic E-state index is 0.0209. The van der Waals surface area contributed by atoms with Gasteiger partial charge < -0.3 is 5.32 Å². The van der Waals surface area contributed by atoms with Crippen LogP contribution in [0.15, 0.2) is 47.8 Å². The molecule has 0 bridgehead atoms. The van der Waals surface area contributed by atoms with Crippen LogP contribution >= 0.6 is 11.3 Å². The first-order chi connectivity index (χ1) is 14.8. The molecular weight excluding hydrogens is 420 g/mol. The van der Waals surface area contributed by atoms with Crippen LogP contribution in [0, 0.1) is 17.0 Å². The topological polar surface area (TPSA) is 123 Å². The van der Waals surface area contributed by atoms with Gasteiger partial charge in [-0.15, -0.1) is 11.3 Å². The molecule has 0 spiro atoms. The number of fused-ring (bicyclic) bond motifs is 1. The van der Waals surface area contributed by atoms with Gasteiger partial charge >= 0.3 is 0 Å². The van der Waals surface area contributed by atoms with Gasteiger partial charge in [0.2, 0.25) is 5.91 Å². The highest BCUT2D eigenvalue weighted by atomic mass is 32.1. The van der Waals surface area contributed by atoms with Crippen molar-refractivity contribution in [2.75, 3.05) is 11.9 Å². The first-order valence-corrected chi connectivity index (χ1v) is 10.2. The highest BCUT2D eigenvalue weighted by Gasteiger charge is 2.40. The Hall–Kier alpha value is -3.92. The zero-order valence-corrected chi connectivity index (χ0v) is 17.1. The van der Waals surface area contributed by atoms with E-state index in [0.29, 0.717) is 5.69 Å². The van der Waals surface area contributed by atoms with Crippen molar-refractivity contribution in [2.24, 2.45) is 0 Å². The lowest BCUT2D eigenvalue weighted by Crippen LogP contribution is -2.33. The van der Waals surface area contributed by atoms with Crippen molar-refractivity contribution in [3.8, 4) is 11.3 Å². The maximum atomic E-state index is 12.5. The third-order valence-corrected chi connectivity index (χ3v) is 5.59. The molecule has 4 rings (SSSR count). The molecule has 3 aromatic rings. The number of aromatic nitrogens is 1. The number of hydrogen-bond donors (Lipinski definition) is 1. The summed E-state index contributed by atoms with van der Waals surface area (Å²) in [5, 5.41) is 16.8. The van der Waals surface area contributed by atoms with Gasteiger partial charge in [0.15, 0.2) is 0 Å². The van der Waals surface area contributed by atoms with Crippen LogP contribution in [-0.4, -0.2) is 39.1 Å². The van der Waals surface area contributed by atoms with Gasteiger partial charge in [0.05, 0.1) is 21.2 Å². The van der Waals surface area contributed by atoms with Gasteiger partial charge in [0.25, 0.3) is 17.5 Å². The van der Waals surface area contributed by atoms with Crippen LogP contribution in [0.3, 0.4) is 0 Å². The Labute approximate surface area is 180 Å². The van der Waals surface area contributed by atoms with Crippen molar-refractivity contribution in [1.82, 2.24) is 9.88 Å². The standard InChI is InChI=1S/C21H16N4O5S/c1-12-22-16(11-31-12)13-5-7-14(8-6-13)23-18(26)9-10-24-20(27)15-3-2-4-17(25(29)30)19(15)21(24)28/h2-8,11H,9-10H2,1H3,(H,23,26). The van der Waals surface area contributed by atoms with Crippen LogP contribution in [-0.2, 0) is 4.79 Å². The van der Waals surface area contributed by atoms with Crippen molar-refractivity contribution in [1.29, 1.82) is 0 Å². The van der Waals surface area contributed by atoms with Crippen molar-refractivity contribution in [3.05, 3.63) is 74.1 Å². The van der Waals surface area contributed by atoms with E-state index < -0.39 is 22.4 Å². The minimum atomic E-state index is -0.761. The van der Waals surface area contributed by atoms with Crippen molar-refractivity contribution in [2.45, 2.75) is 13.3 Å². The number of nitro benzene ring substituents is 1. The molecule has 0 saturated carbocycles. The number of nitrogens with one attached hydrogen (secondary N) is 1. The number of nitrogens with zero attached hydrogens (tertiary/aromatic N) is 3. The molecule has 3 amide bonds. The normalized spacial score (nSPS) is 12.7. The Morgan fingerprint density at radius 2 is 1.90 bits per heavy atom. The summed E-state index contributed by atoms with van der Waals surface area (Å²) in [4.78, 5) is 53.1. The molecule has 1 N–H and O–H groups in total. The molecule has 0 atom stereocenters. The third kappa shape index (κ3) is 3.92. The van der Waals surface area contributed by atoms with E-state index in [1.165, 1.54) is 18.2 Å². The van der Waals surface area contributed by atoms with Crippen LogP contribution in [0.1, 0.15) is 32.1 Å². The monoisotopic (exact) mass is 436 g/mol. The van der Waals surface area contributed by atoms with Crippen molar-refractivity contribution in [3.63, 3.8) is 0 Å². The predicted molar refractivity (Wildman–Crippen MR) is 114 cm³/mol. The number of anilines is 1. The highest BCUT2D eigenvalue weighted by molar-refractivity contribution is 7.09. The van der Waals surface area contributed by atoms with Crippen LogP contribution in [0.2, 0.25) is 0 Å². The summed E-state index contributed by atoms with van der Waals surface area (Å²) in [5.41, 5.74) is 1.69. The first-order valence-electron chi connectivity index (χ1n) is 9.31. The lowest BCUT2D eigenvalue weighted by molar-refractivity contribution is -0.385. The molecule has 2 heterocycles. The van der Waals surface area contributed by atoms with Crippen LogP contribution in [0.4, 0.5) is 11.4 Å². The number of nitro groups is 1. The lowest BCUT2D eigenvalue weighted by Gasteiger charge is -2.13. The van der Waals surface area contributed by atoms with Crippen molar-refractivity contribution < 1.29 is 19.3 Å². The second-order valence-electron chi connectivity index (χ2n) is 6.85. The second kappa shape index (κ2) is 8.07. The largest absolute Gasteiger partial charge is 0.326 e. The van der Waals surface area contributed by atoms with E-state index in [1.807, 2.05) is 24.4 Å². The molecule has 0 aliphatic carbocycles. The van der Waals surface area contributed by atoms with E-state index >= 15 is 0 Å². The molecule has 2 aromatic carbocycles. The van der Waals surface area contributed by atoms with Gasteiger partial charge in [-0.05, 0) is 25.1 Å². The molecule has 0 saturated heterocycles. The number of rotatable bonds is 6. The number of benzene rings is 2. The van der Waals surface area contributed by atoms with Gasteiger partial charge in [0.1, 0.15) is 5.56 Å². The highest BCUT2D eigenvalue weighted by Crippen LogP contribution is 2.30. The summed E-state index contributed by atoms with van der Waals surface area (Å²) in [7, 11) is 0. The molecule has 1 aromatic heterocycles. The lowest BCUT2D eigenvalue weighted by atomic mass is 10.1. The van der Waals surface area contributed by atoms with Gasteiger partial charge in [-0.1, -0.05) is 18.2 Å². The molecule has 9 nitrogen and oxygen atoms in total. The summed E-state index contributed by atoms with van der Waals surface area (Å²) in [6.07, 6.45) is -0.133. The average Bonchev–Trinajstić information content (AvgIpc) is 3.29. The molecule has 10 heteroatoms. The zero-order valence-electron chi connectivity index (χ0n) is 16.3. The fourth-order valence-corrected chi connectivity index (χ4v) is 3.95. The van der Waals surface area contributed by atoms with E-state index in [-0.39, 0.29) is 30.0 Å². The number of aryl methyl sites for hydroxylation is 1. The Bertz CT molecular complexity index is 1220. The smallest absolute Gasteiger partial charge is 0.282 e. The minimum Gasteiger partial charge on any atom is -0.326 e. The molecule has 156 valence electrons. The number of carbonyl (C=O) groups is 3. The Morgan fingerprint density at radius 3 is 2.55 bits per heavy atom. The number of thiazole rings is 1. The quantitative estimate of drug-likeness (QED) is 0.357. The summed E-state index contributed by atoms with van der Waals surface area (Å²) in [6, 6.07) is 11.1. The van der Waals surface area contributed by atoms with Crippen molar-refractivity contribution >= 4 is 40.4 Å². The van der Waals surface area contributed by atoms with Gasteiger partial charge in [0, 0.05) is 35.7 Å². The molecule has 31 heavy (non-hydrogen) atoms. The summed E-state index contributed by atoms with van der Waals surface area (Å²) in [6.45, 7) is 1.75. The average molecular weight is 436 g/mol. The maximum Gasteiger partial charge on any atom is 0.282 e. The first kappa shape index (κ1) is 20.4. The van der Waals surface area contributed by atoms with E-state index in [4.69, 9.17) is 0 Å². The van der Waals surface area contributed by atoms with E-state index in [9.17, 15) is 24.5 Å². The zero-order chi connectivity index (χ0) is 22.1. The summed E-state index contributed by atoms with van der Waals surface area (Å²) in [5.74, 6) is -1.79. The predicted octanol–water partition coefficient (Wildman–Crippen LogP) is 3.65. The fourth-order valence-electron chi connectivity index (χ4n) is 3.33. The molecule has 0 radical (unpaired) electrons. The number of amides is 3. The van der Waals surface area contributed by atoms with Gasteiger partial charge in [-0.3, -0.25) is 29.4 Å². The van der Waals surface area contributed by atoms with E-state index in [1.54, 1.807) is 23.5 Å². The Kier molecular flexibility index (Phi) is 5.30. The third-order valence-electron chi connectivity index (χ3n) is 4.82. The molecule has 1 aliphatic rings. The van der Waals surface area contributed by atoms with E-state index in [0.717, 1.165) is 21.2 Å². The Morgan fingerprint density at radius 1 is 1.16 bits per heavy atom. The SMILES string of the molecule is Cc1nc(-c2ccc(NC(=O)CCN3C(=O)c4cccc([N+](=O)[O-])c4C3=O)cc2)cs1. The number of imide groups is 1. The van der Waals surface area contributed by atoms with Gasteiger partial charge in [-0.2, -0.15) is 0 Å².